The van der Waals surface area contributed by atoms with Gasteiger partial charge in [-0.3, -0.25) is 0 Å². The number of nitrogens with one attached hydrogen (secondary N) is 1. The zero-order chi connectivity index (χ0) is 14.4. The van der Waals surface area contributed by atoms with Crippen LogP contribution in [0.1, 0.15) is 24.4 Å². The van der Waals surface area contributed by atoms with Crippen molar-refractivity contribution in [2.75, 3.05) is 19.7 Å². The van der Waals surface area contributed by atoms with Crippen molar-refractivity contribution in [3.8, 4) is 17.7 Å². The standard InChI is InChI=1S/C14H17N3O3/c1-10-16-12(4-5-14(18)19)7-13(17-10)20-9-11-3-2-6-15-8-11/h7,11,15H,2-3,6,8-9H2,1H3,(H,18,19). The molecule has 1 aromatic rings. The molecule has 0 aromatic carbocycles. The average molecular weight is 275 g/mol. The minimum Gasteiger partial charge on any atom is -0.477 e. The second-order valence-electron chi connectivity index (χ2n) is 4.72. The molecule has 0 saturated carbocycles. The first kappa shape index (κ1) is 14.3. The van der Waals surface area contributed by atoms with E-state index in [4.69, 9.17) is 9.84 Å². The van der Waals surface area contributed by atoms with E-state index in [2.05, 4.69) is 21.2 Å². The summed E-state index contributed by atoms with van der Waals surface area (Å²) in [7, 11) is 0. The van der Waals surface area contributed by atoms with Crippen molar-refractivity contribution in [3.63, 3.8) is 0 Å². The van der Waals surface area contributed by atoms with Crippen LogP contribution in [0.4, 0.5) is 0 Å². The molecule has 2 N–H and O–H groups in total. The number of carbonyl (C=O) groups is 1. The van der Waals surface area contributed by atoms with Gasteiger partial charge < -0.3 is 15.2 Å². The molecule has 0 bridgehead atoms. The van der Waals surface area contributed by atoms with Gasteiger partial charge in [-0.2, -0.15) is 4.98 Å². The fourth-order valence-electron chi connectivity index (χ4n) is 2.07. The molecule has 0 radical (unpaired) electrons. The first-order valence-corrected chi connectivity index (χ1v) is 6.57. The van der Waals surface area contributed by atoms with Crippen LogP contribution in [-0.4, -0.2) is 40.7 Å². The fourth-order valence-corrected chi connectivity index (χ4v) is 2.07. The van der Waals surface area contributed by atoms with Gasteiger partial charge in [0.25, 0.3) is 0 Å². The Morgan fingerprint density at radius 1 is 1.60 bits per heavy atom. The topological polar surface area (TPSA) is 84.3 Å². The van der Waals surface area contributed by atoms with E-state index in [1.54, 1.807) is 13.0 Å². The van der Waals surface area contributed by atoms with Gasteiger partial charge in [-0.25, -0.2) is 9.78 Å². The van der Waals surface area contributed by atoms with Gasteiger partial charge in [0.05, 0.1) is 6.61 Å². The van der Waals surface area contributed by atoms with Crippen molar-refractivity contribution in [3.05, 3.63) is 17.6 Å². The van der Waals surface area contributed by atoms with Crippen molar-refractivity contribution >= 4 is 5.97 Å². The van der Waals surface area contributed by atoms with Crippen molar-refractivity contribution < 1.29 is 14.6 Å². The number of carboxylic acids is 1. The predicted molar refractivity (Wildman–Crippen MR) is 72.4 cm³/mol. The molecule has 1 aromatic heterocycles. The zero-order valence-corrected chi connectivity index (χ0v) is 11.3. The Labute approximate surface area is 117 Å². The molecule has 0 spiro atoms. The lowest BCUT2D eigenvalue weighted by atomic mass is 10.0. The van der Waals surface area contributed by atoms with E-state index in [-0.39, 0.29) is 0 Å². The van der Waals surface area contributed by atoms with Crippen LogP contribution in [0.15, 0.2) is 6.07 Å². The summed E-state index contributed by atoms with van der Waals surface area (Å²) in [5, 5.41) is 11.9. The lowest BCUT2D eigenvalue weighted by Crippen LogP contribution is -2.33. The first-order valence-electron chi connectivity index (χ1n) is 6.57. The summed E-state index contributed by atoms with van der Waals surface area (Å²) < 4.78 is 5.67. The molecule has 2 rings (SSSR count). The molecule has 1 atom stereocenters. The Bertz CT molecular complexity index is 542. The Morgan fingerprint density at radius 2 is 2.45 bits per heavy atom. The number of aromatic nitrogens is 2. The summed E-state index contributed by atoms with van der Waals surface area (Å²) in [6, 6.07) is 1.57. The maximum Gasteiger partial charge on any atom is 0.382 e. The molecule has 2 heterocycles. The van der Waals surface area contributed by atoms with Crippen LogP contribution in [0.3, 0.4) is 0 Å². The summed E-state index contributed by atoms with van der Waals surface area (Å²) in [6.07, 6.45) is 2.30. The van der Waals surface area contributed by atoms with Crippen LogP contribution in [0, 0.1) is 24.7 Å². The minimum atomic E-state index is -1.18. The number of carboxylic acid groups (broad SMARTS) is 1. The summed E-state index contributed by atoms with van der Waals surface area (Å²) >= 11 is 0. The first-order chi connectivity index (χ1) is 9.63. The molecular formula is C14H17N3O3. The quantitative estimate of drug-likeness (QED) is 0.786. The number of aryl methyl sites for hydroxylation is 1. The van der Waals surface area contributed by atoms with Gasteiger partial charge >= 0.3 is 5.97 Å². The number of aliphatic carboxylic acids is 1. The molecule has 1 fully saturated rings. The van der Waals surface area contributed by atoms with Crippen molar-refractivity contribution in [2.45, 2.75) is 19.8 Å². The van der Waals surface area contributed by atoms with Crippen LogP contribution in [0.2, 0.25) is 0 Å². The highest BCUT2D eigenvalue weighted by Crippen LogP contribution is 2.14. The second-order valence-corrected chi connectivity index (χ2v) is 4.72. The molecule has 1 aliphatic rings. The summed E-state index contributed by atoms with van der Waals surface area (Å²) in [5.41, 5.74) is 0.358. The van der Waals surface area contributed by atoms with Crippen LogP contribution in [0.25, 0.3) is 0 Å². The number of ether oxygens (including phenoxy) is 1. The summed E-state index contributed by atoms with van der Waals surface area (Å²) in [5.74, 6) is 4.75. The minimum absolute atomic E-state index is 0.358. The summed E-state index contributed by atoms with van der Waals surface area (Å²) in [4.78, 5) is 18.7. The zero-order valence-electron chi connectivity index (χ0n) is 11.3. The van der Waals surface area contributed by atoms with E-state index in [0.29, 0.717) is 29.9 Å². The molecule has 106 valence electrons. The summed E-state index contributed by atoms with van der Waals surface area (Å²) in [6.45, 7) is 4.34. The molecule has 1 aliphatic heterocycles. The highest BCUT2D eigenvalue weighted by Gasteiger charge is 2.14. The van der Waals surface area contributed by atoms with Crippen molar-refractivity contribution in [2.24, 2.45) is 5.92 Å². The Morgan fingerprint density at radius 3 is 3.15 bits per heavy atom. The highest BCUT2D eigenvalue weighted by molar-refractivity contribution is 5.87. The number of hydrogen-bond acceptors (Lipinski definition) is 5. The van der Waals surface area contributed by atoms with Crippen LogP contribution >= 0.6 is 0 Å². The van der Waals surface area contributed by atoms with Gasteiger partial charge in [0, 0.05) is 24.4 Å². The second kappa shape index (κ2) is 6.87. The van der Waals surface area contributed by atoms with Crippen molar-refractivity contribution in [1.29, 1.82) is 0 Å². The smallest absolute Gasteiger partial charge is 0.382 e. The number of hydrogen-bond donors (Lipinski definition) is 2. The molecule has 20 heavy (non-hydrogen) atoms. The third kappa shape index (κ3) is 4.52. The van der Waals surface area contributed by atoms with E-state index >= 15 is 0 Å². The molecule has 0 aliphatic carbocycles. The monoisotopic (exact) mass is 275 g/mol. The van der Waals surface area contributed by atoms with Gasteiger partial charge in [-0.1, -0.05) is 0 Å². The maximum atomic E-state index is 10.4. The molecule has 1 unspecified atom stereocenters. The van der Waals surface area contributed by atoms with E-state index in [9.17, 15) is 4.79 Å². The van der Waals surface area contributed by atoms with E-state index < -0.39 is 5.97 Å². The van der Waals surface area contributed by atoms with Crippen LogP contribution in [-0.2, 0) is 4.79 Å². The Balaban J connectivity index is 2.00. The van der Waals surface area contributed by atoms with E-state index in [0.717, 1.165) is 25.9 Å². The Kier molecular flexibility index (Phi) is 4.91. The Hall–Kier alpha value is -2.13. The van der Waals surface area contributed by atoms with Gasteiger partial charge in [0.2, 0.25) is 5.88 Å². The normalized spacial score (nSPS) is 17.9. The highest BCUT2D eigenvalue weighted by atomic mass is 16.5. The number of nitrogens with zero attached hydrogens (tertiary/aromatic N) is 2. The lowest BCUT2D eigenvalue weighted by molar-refractivity contribution is -0.130. The maximum absolute atomic E-state index is 10.4. The van der Waals surface area contributed by atoms with Gasteiger partial charge in [-0.05, 0) is 32.2 Å². The molecule has 1 saturated heterocycles. The third-order valence-electron chi connectivity index (χ3n) is 2.98. The fraction of sp³-hybridized carbons (Fsp3) is 0.500. The SMILES string of the molecule is Cc1nc(C#CC(=O)O)cc(OCC2CCCNC2)n1. The lowest BCUT2D eigenvalue weighted by Gasteiger charge is -2.22. The van der Waals surface area contributed by atoms with E-state index in [1.807, 2.05) is 5.92 Å². The molecule has 0 amide bonds. The van der Waals surface area contributed by atoms with Crippen LogP contribution in [0.5, 0.6) is 5.88 Å². The van der Waals surface area contributed by atoms with Crippen molar-refractivity contribution in [1.82, 2.24) is 15.3 Å². The van der Waals surface area contributed by atoms with Gasteiger partial charge in [0.15, 0.2) is 0 Å². The molecular weight excluding hydrogens is 258 g/mol. The number of piperidine rings is 1. The average Bonchev–Trinajstić information content (AvgIpc) is 2.44. The third-order valence-corrected chi connectivity index (χ3v) is 2.98. The van der Waals surface area contributed by atoms with E-state index in [1.165, 1.54) is 0 Å². The molecule has 6 heteroatoms. The predicted octanol–water partition coefficient (Wildman–Crippen LogP) is 0.600. The largest absolute Gasteiger partial charge is 0.477 e. The molecule has 6 nitrogen and oxygen atoms in total. The number of rotatable bonds is 3. The van der Waals surface area contributed by atoms with Crippen LogP contribution < -0.4 is 10.1 Å². The van der Waals surface area contributed by atoms with Gasteiger partial charge in [0.1, 0.15) is 11.5 Å². The van der Waals surface area contributed by atoms with Gasteiger partial charge in [-0.15, -0.1) is 0 Å².